The first-order valence-electron chi connectivity index (χ1n) is 7.48. The number of methoxy groups -OCH3 is 1. The number of anilines is 1. The molecule has 3 rings (SSSR count). The Morgan fingerprint density at radius 1 is 1.29 bits per heavy atom. The number of carbonyl (C=O) groups is 1. The van der Waals surface area contributed by atoms with E-state index in [1.165, 1.54) is 19.2 Å². The number of halogens is 2. The molecule has 0 radical (unpaired) electrons. The number of nitrogens with zero attached hydrogens (tertiary/aromatic N) is 2. The molecule has 0 unspecified atom stereocenters. The highest BCUT2D eigenvalue weighted by atomic mass is 35.5. The van der Waals surface area contributed by atoms with Crippen LogP contribution in [0.2, 0.25) is 10.0 Å². The van der Waals surface area contributed by atoms with Gasteiger partial charge in [-0.25, -0.2) is 0 Å². The molecule has 2 aromatic rings. The maximum Gasteiger partial charge on any atom is 0.255 e. The Bertz CT molecular complexity index is 772. The third-order valence-electron chi connectivity index (χ3n) is 3.95. The van der Waals surface area contributed by atoms with Crippen molar-refractivity contribution in [3.8, 4) is 5.75 Å². The van der Waals surface area contributed by atoms with Crippen molar-refractivity contribution in [3.05, 3.63) is 51.3 Å². The van der Waals surface area contributed by atoms with E-state index in [1.807, 2.05) is 6.07 Å². The number of hydrogen-bond acceptors (Lipinski definition) is 4. The van der Waals surface area contributed by atoms with Crippen LogP contribution in [-0.4, -0.2) is 36.5 Å². The third kappa shape index (κ3) is 3.48. The number of hydrogen-bond donors (Lipinski definition) is 1. The molecule has 126 valence electrons. The van der Waals surface area contributed by atoms with Gasteiger partial charge in [0.05, 0.1) is 29.0 Å². The molecule has 0 atom stereocenters. The zero-order chi connectivity index (χ0) is 17.3. The largest absolute Gasteiger partial charge is 0.494 e. The van der Waals surface area contributed by atoms with Crippen molar-refractivity contribution in [2.75, 3.05) is 26.0 Å². The molecule has 1 amide bonds. The number of benzene rings is 1. The van der Waals surface area contributed by atoms with E-state index in [1.54, 1.807) is 6.20 Å². The quantitative estimate of drug-likeness (QED) is 0.901. The van der Waals surface area contributed by atoms with Gasteiger partial charge in [-0.2, -0.15) is 0 Å². The highest BCUT2D eigenvalue weighted by molar-refractivity contribution is 6.37. The Kier molecular flexibility index (Phi) is 4.94. The van der Waals surface area contributed by atoms with Crippen LogP contribution in [0.1, 0.15) is 21.6 Å². The molecule has 0 saturated heterocycles. The first-order valence-corrected chi connectivity index (χ1v) is 8.24. The van der Waals surface area contributed by atoms with Gasteiger partial charge in [0.25, 0.3) is 5.91 Å². The number of nitrogens with one attached hydrogen (secondary N) is 1. The van der Waals surface area contributed by atoms with E-state index in [-0.39, 0.29) is 5.91 Å². The number of ether oxygens (including phenoxy) is 1. The molecule has 1 N–H and O–H groups in total. The number of amides is 1. The third-order valence-corrected chi connectivity index (χ3v) is 4.51. The van der Waals surface area contributed by atoms with Crippen LogP contribution in [0, 0.1) is 0 Å². The van der Waals surface area contributed by atoms with Crippen molar-refractivity contribution in [2.24, 2.45) is 0 Å². The van der Waals surface area contributed by atoms with Crippen LogP contribution >= 0.6 is 23.2 Å². The van der Waals surface area contributed by atoms with E-state index in [0.29, 0.717) is 27.0 Å². The molecule has 1 aliphatic rings. The highest BCUT2D eigenvalue weighted by Gasteiger charge is 2.17. The monoisotopic (exact) mass is 365 g/mol. The molecule has 24 heavy (non-hydrogen) atoms. The van der Waals surface area contributed by atoms with E-state index in [4.69, 9.17) is 27.9 Å². The molecular weight excluding hydrogens is 349 g/mol. The summed E-state index contributed by atoms with van der Waals surface area (Å²) in [7, 11) is 3.54. The minimum absolute atomic E-state index is 0.292. The summed E-state index contributed by atoms with van der Waals surface area (Å²) in [4.78, 5) is 19.1. The number of aromatic nitrogens is 1. The summed E-state index contributed by atoms with van der Waals surface area (Å²) in [6, 6.07) is 5.02. The molecule has 1 aromatic heterocycles. The van der Waals surface area contributed by atoms with Crippen LogP contribution in [0.3, 0.4) is 0 Å². The predicted octanol–water partition coefficient (Wildman–Crippen LogP) is 3.64. The molecule has 1 aromatic carbocycles. The Hall–Kier alpha value is -1.82. The second kappa shape index (κ2) is 6.97. The molecule has 7 heteroatoms. The van der Waals surface area contributed by atoms with Gasteiger partial charge in [-0.3, -0.25) is 9.78 Å². The predicted molar refractivity (Wildman–Crippen MR) is 95.2 cm³/mol. The minimum atomic E-state index is -0.299. The second-order valence-electron chi connectivity index (χ2n) is 5.74. The van der Waals surface area contributed by atoms with E-state index >= 15 is 0 Å². The molecule has 0 aliphatic carbocycles. The standard InChI is InChI=1S/C17H17Cl2N3O2/c1-22-4-3-15-11(9-22)5-12(8-20-15)21-17(23)10-6-13(18)16(24-2)14(19)7-10/h5-8H,3-4,9H2,1-2H3,(H,21,23). The lowest BCUT2D eigenvalue weighted by molar-refractivity contribution is 0.102. The van der Waals surface area contributed by atoms with Gasteiger partial charge in [0, 0.05) is 30.8 Å². The van der Waals surface area contributed by atoms with Crippen LogP contribution < -0.4 is 10.1 Å². The second-order valence-corrected chi connectivity index (χ2v) is 6.56. The number of carbonyl (C=O) groups excluding carboxylic acids is 1. The summed E-state index contributed by atoms with van der Waals surface area (Å²) in [5.74, 6) is 0.0562. The summed E-state index contributed by atoms with van der Waals surface area (Å²) in [6.45, 7) is 1.82. The fourth-order valence-corrected chi connectivity index (χ4v) is 3.37. The van der Waals surface area contributed by atoms with Crippen molar-refractivity contribution in [3.63, 3.8) is 0 Å². The van der Waals surface area contributed by atoms with Gasteiger partial charge in [0.2, 0.25) is 0 Å². The first kappa shape index (κ1) is 17.0. The lowest BCUT2D eigenvalue weighted by Crippen LogP contribution is -2.27. The van der Waals surface area contributed by atoms with Gasteiger partial charge in [-0.15, -0.1) is 0 Å². The van der Waals surface area contributed by atoms with Crippen LogP contribution in [0.4, 0.5) is 5.69 Å². The van der Waals surface area contributed by atoms with Gasteiger partial charge < -0.3 is 15.0 Å². The van der Waals surface area contributed by atoms with Crippen LogP contribution in [-0.2, 0) is 13.0 Å². The summed E-state index contributed by atoms with van der Waals surface area (Å²) >= 11 is 12.2. The van der Waals surface area contributed by atoms with E-state index in [0.717, 1.165) is 30.8 Å². The molecule has 5 nitrogen and oxygen atoms in total. The Morgan fingerprint density at radius 3 is 2.67 bits per heavy atom. The molecule has 0 spiro atoms. The van der Waals surface area contributed by atoms with Crippen molar-refractivity contribution in [1.29, 1.82) is 0 Å². The Morgan fingerprint density at radius 2 is 2.00 bits per heavy atom. The van der Waals surface area contributed by atoms with Gasteiger partial charge >= 0.3 is 0 Å². The fraction of sp³-hybridized carbons (Fsp3) is 0.294. The lowest BCUT2D eigenvalue weighted by atomic mass is 10.1. The normalized spacial score (nSPS) is 14.2. The molecule has 0 fully saturated rings. The minimum Gasteiger partial charge on any atom is -0.494 e. The molecule has 1 aliphatic heterocycles. The van der Waals surface area contributed by atoms with Crippen molar-refractivity contribution in [1.82, 2.24) is 9.88 Å². The van der Waals surface area contributed by atoms with Crippen molar-refractivity contribution in [2.45, 2.75) is 13.0 Å². The van der Waals surface area contributed by atoms with E-state index in [9.17, 15) is 4.79 Å². The number of rotatable bonds is 3. The van der Waals surface area contributed by atoms with Gasteiger partial charge in [0.15, 0.2) is 5.75 Å². The average molecular weight is 366 g/mol. The number of fused-ring (bicyclic) bond motifs is 1. The summed E-state index contributed by atoms with van der Waals surface area (Å²) in [6.07, 6.45) is 2.60. The summed E-state index contributed by atoms with van der Waals surface area (Å²) in [5, 5.41) is 3.42. The lowest BCUT2D eigenvalue weighted by Gasteiger charge is -2.24. The van der Waals surface area contributed by atoms with Crippen molar-refractivity contribution >= 4 is 34.8 Å². The Balaban J connectivity index is 1.81. The first-order chi connectivity index (χ1) is 11.5. The van der Waals surface area contributed by atoms with Crippen molar-refractivity contribution < 1.29 is 9.53 Å². The smallest absolute Gasteiger partial charge is 0.255 e. The van der Waals surface area contributed by atoms with Crippen LogP contribution in [0.15, 0.2) is 24.4 Å². The highest BCUT2D eigenvalue weighted by Crippen LogP contribution is 2.34. The van der Waals surface area contributed by atoms with E-state index < -0.39 is 0 Å². The van der Waals surface area contributed by atoms with Gasteiger partial charge in [-0.05, 0) is 30.8 Å². The maximum atomic E-state index is 12.4. The SMILES string of the molecule is COc1c(Cl)cc(C(=O)Nc2cnc3c(c2)CN(C)CC3)cc1Cl. The number of likely N-dealkylation sites (N-methyl/N-ethyl adjacent to an activating group) is 1. The average Bonchev–Trinajstić information content (AvgIpc) is 2.54. The maximum absolute atomic E-state index is 12.4. The molecular formula is C17H17Cl2N3O2. The zero-order valence-electron chi connectivity index (χ0n) is 13.4. The fourth-order valence-electron chi connectivity index (χ4n) is 2.72. The van der Waals surface area contributed by atoms with Crippen LogP contribution in [0.5, 0.6) is 5.75 Å². The summed E-state index contributed by atoms with van der Waals surface area (Å²) < 4.78 is 5.09. The zero-order valence-corrected chi connectivity index (χ0v) is 14.9. The topological polar surface area (TPSA) is 54.5 Å². The van der Waals surface area contributed by atoms with Crippen LogP contribution in [0.25, 0.3) is 0 Å². The summed E-state index contributed by atoms with van der Waals surface area (Å²) in [5.41, 5.74) is 3.23. The Labute approximate surface area is 150 Å². The molecule has 0 bridgehead atoms. The van der Waals surface area contributed by atoms with E-state index in [2.05, 4.69) is 22.2 Å². The molecule has 2 heterocycles. The molecule has 0 saturated carbocycles. The van der Waals surface area contributed by atoms with Gasteiger partial charge in [0.1, 0.15) is 0 Å². The van der Waals surface area contributed by atoms with Gasteiger partial charge in [-0.1, -0.05) is 23.2 Å². The number of pyridine rings is 1.